The Labute approximate surface area is 103 Å². The van der Waals surface area contributed by atoms with Gasteiger partial charge >= 0.3 is 0 Å². The third-order valence-electron chi connectivity index (χ3n) is 2.28. The molecule has 1 rings (SSSR count). The molecule has 0 fully saturated rings. The van der Waals surface area contributed by atoms with Crippen LogP contribution in [0.15, 0.2) is 18.2 Å². The first kappa shape index (κ1) is 14.1. The van der Waals surface area contributed by atoms with Crippen LogP contribution in [0.3, 0.4) is 0 Å². The predicted molar refractivity (Wildman–Crippen MR) is 64.3 cm³/mol. The first-order chi connectivity index (χ1) is 8.06. The minimum absolute atomic E-state index is 0.0129. The lowest BCUT2D eigenvalue weighted by atomic mass is 10.1. The highest BCUT2D eigenvalue weighted by Crippen LogP contribution is 2.19. The van der Waals surface area contributed by atoms with Gasteiger partial charge in [0.15, 0.2) is 5.78 Å². The van der Waals surface area contributed by atoms with Gasteiger partial charge in [-0.25, -0.2) is 8.78 Å². The molecule has 0 aliphatic carbocycles. The average molecular weight is 260 g/mol. The van der Waals surface area contributed by atoms with Gasteiger partial charge in [0.2, 0.25) is 0 Å². The molecule has 1 aromatic carbocycles. The summed E-state index contributed by atoms with van der Waals surface area (Å²) in [4.78, 5) is 11.6. The number of aliphatic hydroxyl groups excluding tert-OH is 1. The molecular weight excluding hydrogens is 246 g/mol. The maximum Gasteiger partial charge on any atom is 0.178 e. The number of Topliss-reactive ketones (excluding diaryl/α,β-unsaturated/α-hetero) is 1. The molecule has 0 bridgehead atoms. The second-order valence-electron chi connectivity index (χ2n) is 3.65. The maximum atomic E-state index is 13.3. The highest BCUT2D eigenvalue weighted by molar-refractivity contribution is 8.00. The lowest BCUT2D eigenvalue weighted by Gasteiger charge is -2.09. The average Bonchev–Trinajstić information content (AvgIpc) is 2.26. The second kappa shape index (κ2) is 6.71. The van der Waals surface area contributed by atoms with Crippen LogP contribution in [-0.4, -0.2) is 28.5 Å². The van der Waals surface area contributed by atoms with Crippen molar-refractivity contribution in [2.45, 2.75) is 18.6 Å². The summed E-state index contributed by atoms with van der Waals surface area (Å²) in [6.45, 7) is 1.89. The van der Waals surface area contributed by atoms with Gasteiger partial charge in [0.1, 0.15) is 11.6 Å². The smallest absolute Gasteiger partial charge is 0.178 e. The van der Waals surface area contributed by atoms with Crippen molar-refractivity contribution in [3.63, 3.8) is 0 Å². The summed E-state index contributed by atoms with van der Waals surface area (Å²) in [5.74, 6) is -2.20. The molecule has 0 spiro atoms. The number of ketones is 1. The Kier molecular flexibility index (Phi) is 5.58. The van der Waals surface area contributed by atoms with Crippen LogP contribution in [0.25, 0.3) is 0 Å². The molecule has 0 aromatic heterocycles. The third kappa shape index (κ3) is 4.09. The number of halogens is 2. The SMILES string of the molecule is CC(CCO)SCC(=O)c1c(F)cccc1F. The molecule has 0 saturated carbocycles. The molecule has 0 amide bonds. The van der Waals surface area contributed by atoms with E-state index in [-0.39, 0.29) is 17.6 Å². The van der Waals surface area contributed by atoms with E-state index in [1.54, 1.807) is 0 Å². The summed E-state index contributed by atoms with van der Waals surface area (Å²) in [6.07, 6.45) is 0.553. The fourth-order valence-corrected chi connectivity index (χ4v) is 2.17. The van der Waals surface area contributed by atoms with Crippen LogP contribution in [0.1, 0.15) is 23.7 Å². The normalized spacial score (nSPS) is 12.5. The molecule has 1 atom stereocenters. The molecular formula is C12H14F2O2S. The van der Waals surface area contributed by atoms with E-state index in [0.29, 0.717) is 6.42 Å². The highest BCUT2D eigenvalue weighted by atomic mass is 32.2. The molecule has 0 saturated heterocycles. The van der Waals surface area contributed by atoms with Gasteiger partial charge in [-0.05, 0) is 18.6 Å². The summed E-state index contributed by atoms with van der Waals surface area (Å²) >= 11 is 1.28. The molecule has 94 valence electrons. The molecule has 1 N–H and O–H groups in total. The molecule has 17 heavy (non-hydrogen) atoms. The lowest BCUT2D eigenvalue weighted by Crippen LogP contribution is -2.11. The zero-order valence-electron chi connectivity index (χ0n) is 9.45. The van der Waals surface area contributed by atoms with Crippen LogP contribution in [0.5, 0.6) is 0 Å². The fraction of sp³-hybridized carbons (Fsp3) is 0.417. The zero-order valence-corrected chi connectivity index (χ0v) is 10.3. The van der Waals surface area contributed by atoms with Gasteiger partial charge < -0.3 is 5.11 Å². The van der Waals surface area contributed by atoms with E-state index in [9.17, 15) is 13.6 Å². The lowest BCUT2D eigenvalue weighted by molar-refractivity contribution is 0.101. The van der Waals surface area contributed by atoms with Crippen LogP contribution >= 0.6 is 11.8 Å². The minimum atomic E-state index is -0.828. The van der Waals surface area contributed by atoms with E-state index >= 15 is 0 Å². The van der Waals surface area contributed by atoms with Crippen molar-refractivity contribution in [2.24, 2.45) is 0 Å². The van der Waals surface area contributed by atoms with Crippen LogP contribution < -0.4 is 0 Å². The fourth-order valence-electron chi connectivity index (χ4n) is 1.32. The Balaban J connectivity index is 2.64. The first-order valence-electron chi connectivity index (χ1n) is 5.26. The number of thioether (sulfide) groups is 1. The molecule has 1 aromatic rings. The van der Waals surface area contributed by atoms with Crippen molar-refractivity contribution in [1.82, 2.24) is 0 Å². The van der Waals surface area contributed by atoms with Gasteiger partial charge in [0, 0.05) is 11.9 Å². The van der Waals surface area contributed by atoms with Crippen molar-refractivity contribution in [1.29, 1.82) is 0 Å². The van der Waals surface area contributed by atoms with Crippen molar-refractivity contribution < 1.29 is 18.7 Å². The highest BCUT2D eigenvalue weighted by Gasteiger charge is 2.17. The quantitative estimate of drug-likeness (QED) is 0.799. The molecule has 0 aliphatic rings. The molecule has 2 nitrogen and oxygen atoms in total. The van der Waals surface area contributed by atoms with Gasteiger partial charge in [0.05, 0.1) is 11.3 Å². The minimum Gasteiger partial charge on any atom is -0.396 e. The van der Waals surface area contributed by atoms with Gasteiger partial charge in [-0.2, -0.15) is 11.8 Å². The van der Waals surface area contributed by atoms with Crippen LogP contribution in [0, 0.1) is 11.6 Å². The Morgan fingerprint density at radius 2 is 2.00 bits per heavy atom. The maximum absolute atomic E-state index is 13.3. The summed E-state index contributed by atoms with van der Waals surface area (Å²) in [5, 5.41) is 8.77. The number of benzene rings is 1. The number of carbonyl (C=O) groups excluding carboxylic acids is 1. The molecule has 0 aliphatic heterocycles. The summed E-state index contributed by atoms with van der Waals surface area (Å²) < 4.78 is 26.5. The largest absolute Gasteiger partial charge is 0.396 e. The van der Waals surface area contributed by atoms with Crippen LogP contribution in [0.4, 0.5) is 8.78 Å². The Morgan fingerprint density at radius 1 is 1.41 bits per heavy atom. The standard InChI is InChI=1S/C12H14F2O2S/c1-8(5-6-15)17-7-11(16)12-9(13)3-2-4-10(12)14/h2-4,8,15H,5-7H2,1H3. The van der Waals surface area contributed by atoms with E-state index in [1.165, 1.54) is 17.8 Å². The van der Waals surface area contributed by atoms with Crippen molar-refractivity contribution in [3.05, 3.63) is 35.4 Å². The molecule has 0 heterocycles. The molecule has 5 heteroatoms. The summed E-state index contributed by atoms with van der Waals surface area (Å²) in [7, 11) is 0. The van der Waals surface area contributed by atoms with Crippen LogP contribution in [-0.2, 0) is 0 Å². The number of aliphatic hydroxyl groups is 1. The predicted octanol–water partition coefficient (Wildman–Crippen LogP) is 2.65. The van der Waals surface area contributed by atoms with Gasteiger partial charge in [-0.3, -0.25) is 4.79 Å². The monoisotopic (exact) mass is 260 g/mol. The number of carbonyl (C=O) groups is 1. The first-order valence-corrected chi connectivity index (χ1v) is 6.30. The molecule has 1 unspecified atom stereocenters. The van der Waals surface area contributed by atoms with Gasteiger partial charge in [-0.15, -0.1) is 0 Å². The molecule has 0 radical (unpaired) electrons. The topological polar surface area (TPSA) is 37.3 Å². The number of rotatable bonds is 6. The van der Waals surface area contributed by atoms with E-state index in [1.807, 2.05) is 6.92 Å². The van der Waals surface area contributed by atoms with E-state index in [2.05, 4.69) is 0 Å². The number of hydrogen-bond acceptors (Lipinski definition) is 3. The summed E-state index contributed by atoms with van der Waals surface area (Å²) in [6, 6.07) is 3.36. The van der Waals surface area contributed by atoms with E-state index in [0.717, 1.165) is 12.1 Å². The van der Waals surface area contributed by atoms with Crippen molar-refractivity contribution in [2.75, 3.05) is 12.4 Å². The van der Waals surface area contributed by atoms with Crippen molar-refractivity contribution in [3.8, 4) is 0 Å². The summed E-state index contributed by atoms with van der Waals surface area (Å²) in [5.41, 5.74) is -0.476. The Bertz CT molecular complexity index is 376. The number of hydrogen-bond donors (Lipinski definition) is 1. The van der Waals surface area contributed by atoms with Gasteiger partial charge in [0.25, 0.3) is 0 Å². The van der Waals surface area contributed by atoms with Crippen LogP contribution in [0.2, 0.25) is 0 Å². The van der Waals surface area contributed by atoms with Gasteiger partial charge in [-0.1, -0.05) is 13.0 Å². The van der Waals surface area contributed by atoms with E-state index in [4.69, 9.17) is 5.11 Å². The van der Waals surface area contributed by atoms with Crippen molar-refractivity contribution >= 4 is 17.5 Å². The zero-order chi connectivity index (χ0) is 12.8. The third-order valence-corrected chi connectivity index (χ3v) is 3.51. The Hall–Kier alpha value is -0.940. The van der Waals surface area contributed by atoms with E-state index < -0.39 is 23.0 Å². The Morgan fingerprint density at radius 3 is 2.53 bits per heavy atom. The second-order valence-corrected chi connectivity index (χ2v) is 5.08.